The summed E-state index contributed by atoms with van der Waals surface area (Å²) in [7, 11) is 0. The lowest BCUT2D eigenvalue weighted by Gasteiger charge is -2.43. The zero-order valence-electron chi connectivity index (χ0n) is 14.6. The lowest BCUT2D eigenvalue weighted by atomic mass is 9.70. The van der Waals surface area contributed by atoms with Crippen molar-refractivity contribution in [1.29, 1.82) is 0 Å². The minimum atomic E-state index is -0.209. The fourth-order valence-corrected chi connectivity index (χ4v) is 3.73. The SMILES string of the molecule is CCN(CC)CC(=O)N[C@@]1(C)CCCC[C@H]1c1ccc(O)cc1. The van der Waals surface area contributed by atoms with Crippen LogP contribution in [0, 0.1) is 0 Å². The van der Waals surface area contributed by atoms with Crippen molar-refractivity contribution in [2.24, 2.45) is 0 Å². The Kier molecular flexibility index (Phi) is 6.05. The number of nitrogens with one attached hydrogen (secondary N) is 1. The Bertz CT molecular complexity index is 511. The minimum absolute atomic E-state index is 0.113. The van der Waals surface area contributed by atoms with Crippen LogP contribution < -0.4 is 5.32 Å². The van der Waals surface area contributed by atoms with Gasteiger partial charge in [0.1, 0.15) is 5.75 Å². The van der Waals surface area contributed by atoms with Gasteiger partial charge in [0.2, 0.25) is 5.91 Å². The second-order valence-corrected chi connectivity index (χ2v) is 6.82. The van der Waals surface area contributed by atoms with Crippen LogP contribution >= 0.6 is 0 Å². The average molecular weight is 318 g/mol. The molecule has 0 aromatic heterocycles. The molecule has 1 aliphatic rings. The molecular formula is C19H30N2O2. The van der Waals surface area contributed by atoms with Crippen LogP contribution in [0.25, 0.3) is 0 Å². The first kappa shape index (κ1) is 17.8. The largest absolute Gasteiger partial charge is 0.508 e. The molecule has 0 saturated heterocycles. The van der Waals surface area contributed by atoms with E-state index < -0.39 is 0 Å². The van der Waals surface area contributed by atoms with Crippen LogP contribution in [-0.2, 0) is 4.79 Å². The number of hydrogen-bond donors (Lipinski definition) is 2. The zero-order valence-corrected chi connectivity index (χ0v) is 14.6. The summed E-state index contributed by atoms with van der Waals surface area (Å²) in [4.78, 5) is 14.6. The van der Waals surface area contributed by atoms with Gasteiger partial charge in [0.25, 0.3) is 0 Å². The van der Waals surface area contributed by atoms with Gasteiger partial charge in [-0.3, -0.25) is 9.69 Å². The van der Waals surface area contributed by atoms with Crippen LogP contribution in [-0.4, -0.2) is 41.1 Å². The predicted molar refractivity (Wildman–Crippen MR) is 93.7 cm³/mol. The second kappa shape index (κ2) is 7.82. The number of aromatic hydroxyl groups is 1. The first-order valence-electron chi connectivity index (χ1n) is 8.80. The molecule has 0 heterocycles. The van der Waals surface area contributed by atoms with E-state index in [0.717, 1.165) is 32.4 Å². The molecule has 4 heteroatoms. The van der Waals surface area contributed by atoms with Gasteiger partial charge in [0.15, 0.2) is 0 Å². The number of hydrogen-bond acceptors (Lipinski definition) is 3. The van der Waals surface area contributed by atoms with Gasteiger partial charge in [-0.25, -0.2) is 0 Å². The average Bonchev–Trinajstić information content (AvgIpc) is 2.53. The summed E-state index contributed by atoms with van der Waals surface area (Å²) in [5.41, 5.74) is 0.993. The van der Waals surface area contributed by atoms with Crippen LogP contribution in [0.5, 0.6) is 5.75 Å². The molecule has 1 aliphatic carbocycles. The molecule has 0 radical (unpaired) electrons. The van der Waals surface area contributed by atoms with Crippen molar-refractivity contribution in [1.82, 2.24) is 10.2 Å². The summed E-state index contributed by atoms with van der Waals surface area (Å²) in [5, 5.41) is 12.8. The Labute approximate surface area is 139 Å². The summed E-state index contributed by atoms with van der Waals surface area (Å²) in [5.74, 6) is 0.705. The van der Waals surface area contributed by atoms with E-state index in [0.29, 0.717) is 12.5 Å². The van der Waals surface area contributed by atoms with Crippen molar-refractivity contribution in [2.75, 3.05) is 19.6 Å². The molecule has 0 unspecified atom stereocenters. The quantitative estimate of drug-likeness (QED) is 0.846. The van der Waals surface area contributed by atoms with Gasteiger partial charge in [-0.15, -0.1) is 0 Å². The molecule has 1 aromatic rings. The van der Waals surface area contributed by atoms with E-state index in [-0.39, 0.29) is 17.2 Å². The molecule has 1 amide bonds. The maximum absolute atomic E-state index is 12.5. The standard InChI is InChI=1S/C19H30N2O2/c1-4-21(5-2)14-18(23)20-19(3)13-7-6-8-17(19)15-9-11-16(22)12-10-15/h9-12,17,22H,4-8,13-14H2,1-3H3,(H,20,23)/t17-,19-/m0/s1. The highest BCUT2D eigenvalue weighted by Crippen LogP contribution is 2.41. The van der Waals surface area contributed by atoms with E-state index in [1.807, 2.05) is 12.1 Å². The number of carbonyl (C=O) groups excluding carboxylic acids is 1. The zero-order chi connectivity index (χ0) is 16.9. The molecule has 1 aromatic carbocycles. The highest BCUT2D eigenvalue weighted by atomic mass is 16.3. The molecule has 2 rings (SSSR count). The summed E-state index contributed by atoms with van der Waals surface area (Å²) < 4.78 is 0. The van der Waals surface area contributed by atoms with Gasteiger partial charge in [-0.05, 0) is 50.6 Å². The lowest BCUT2D eigenvalue weighted by Crippen LogP contribution is -2.54. The monoisotopic (exact) mass is 318 g/mol. The summed E-state index contributed by atoms with van der Waals surface area (Å²) >= 11 is 0. The van der Waals surface area contributed by atoms with Crippen molar-refractivity contribution in [3.05, 3.63) is 29.8 Å². The Morgan fingerprint density at radius 2 is 1.91 bits per heavy atom. The fraction of sp³-hybridized carbons (Fsp3) is 0.632. The van der Waals surface area contributed by atoms with Gasteiger partial charge < -0.3 is 10.4 Å². The summed E-state index contributed by atoms with van der Waals surface area (Å²) in [6.07, 6.45) is 4.42. The number of benzene rings is 1. The van der Waals surface area contributed by atoms with Gasteiger partial charge >= 0.3 is 0 Å². The Balaban J connectivity index is 2.12. The molecule has 0 aliphatic heterocycles. The maximum atomic E-state index is 12.5. The lowest BCUT2D eigenvalue weighted by molar-refractivity contribution is -0.124. The highest BCUT2D eigenvalue weighted by molar-refractivity contribution is 5.79. The van der Waals surface area contributed by atoms with Gasteiger partial charge in [-0.1, -0.05) is 38.8 Å². The van der Waals surface area contributed by atoms with Crippen molar-refractivity contribution in [2.45, 2.75) is 57.9 Å². The Hall–Kier alpha value is -1.55. The molecule has 2 N–H and O–H groups in total. The number of amides is 1. The Morgan fingerprint density at radius 1 is 1.26 bits per heavy atom. The molecule has 4 nitrogen and oxygen atoms in total. The van der Waals surface area contributed by atoms with Gasteiger partial charge in [0, 0.05) is 11.5 Å². The van der Waals surface area contributed by atoms with Crippen LogP contribution in [0.2, 0.25) is 0 Å². The second-order valence-electron chi connectivity index (χ2n) is 6.82. The van der Waals surface area contributed by atoms with E-state index in [9.17, 15) is 9.90 Å². The highest BCUT2D eigenvalue weighted by Gasteiger charge is 2.38. The first-order valence-corrected chi connectivity index (χ1v) is 8.80. The number of likely N-dealkylation sites (N-methyl/N-ethyl adjacent to an activating group) is 1. The summed E-state index contributed by atoms with van der Waals surface area (Å²) in [6.45, 7) is 8.58. The van der Waals surface area contributed by atoms with E-state index >= 15 is 0 Å². The summed E-state index contributed by atoms with van der Waals surface area (Å²) in [6, 6.07) is 7.45. The maximum Gasteiger partial charge on any atom is 0.234 e. The number of phenolic OH excluding ortho intramolecular Hbond substituents is 1. The minimum Gasteiger partial charge on any atom is -0.508 e. The third-order valence-corrected chi connectivity index (χ3v) is 5.19. The molecule has 2 atom stereocenters. The molecule has 0 spiro atoms. The van der Waals surface area contributed by atoms with Crippen LogP contribution in [0.4, 0.5) is 0 Å². The van der Waals surface area contributed by atoms with Crippen molar-refractivity contribution in [3.8, 4) is 5.75 Å². The van der Waals surface area contributed by atoms with Crippen molar-refractivity contribution in [3.63, 3.8) is 0 Å². The number of rotatable bonds is 6. The molecule has 0 bridgehead atoms. The number of nitrogens with zero attached hydrogens (tertiary/aromatic N) is 1. The molecule has 1 saturated carbocycles. The van der Waals surface area contributed by atoms with Gasteiger partial charge in [-0.2, -0.15) is 0 Å². The topological polar surface area (TPSA) is 52.6 Å². The molecule has 1 fully saturated rings. The van der Waals surface area contributed by atoms with Crippen LogP contribution in [0.3, 0.4) is 0 Å². The normalized spacial score (nSPS) is 24.6. The van der Waals surface area contributed by atoms with E-state index in [1.165, 1.54) is 12.0 Å². The third kappa shape index (κ3) is 4.47. The van der Waals surface area contributed by atoms with Crippen molar-refractivity contribution >= 4 is 5.91 Å². The fourth-order valence-electron chi connectivity index (χ4n) is 3.73. The van der Waals surface area contributed by atoms with Crippen molar-refractivity contribution < 1.29 is 9.90 Å². The van der Waals surface area contributed by atoms with E-state index in [2.05, 4.69) is 31.0 Å². The molecule has 23 heavy (non-hydrogen) atoms. The number of phenols is 1. The van der Waals surface area contributed by atoms with E-state index in [1.54, 1.807) is 12.1 Å². The molecular weight excluding hydrogens is 288 g/mol. The third-order valence-electron chi connectivity index (χ3n) is 5.19. The van der Waals surface area contributed by atoms with Gasteiger partial charge in [0.05, 0.1) is 6.54 Å². The smallest absolute Gasteiger partial charge is 0.234 e. The first-order chi connectivity index (χ1) is 11.0. The molecule has 128 valence electrons. The Morgan fingerprint density at radius 3 is 2.52 bits per heavy atom. The predicted octanol–water partition coefficient (Wildman–Crippen LogP) is 3.27. The number of carbonyl (C=O) groups is 1. The van der Waals surface area contributed by atoms with Crippen LogP contribution in [0.15, 0.2) is 24.3 Å². The van der Waals surface area contributed by atoms with E-state index in [4.69, 9.17) is 0 Å². The van der Waals surface area contributed by atoms with Crippen LogP contribution in [0.1, 0.15) is 57.9 Å².